The van der Waals surface area contributed by atoms with Gasteiger partial charge in [0.1, 0.15) is 0 Å². The van der Waals surface area contributed by atoms with Crippen molar-refractivity contribution in [2.75, 3.05) is 7.11 Å². The van der Waals surface area contributed by atoms with E-state index >= 15 is 0 Å². The summed E-state index contributed by atoms with van der Waals surface area (Å²) < 4.78 is 5.34. The van der Waals surface area contributed by atoms with Gasteiger partial charge in [0.25, 0.3) is 0 Å². The molecule has 0 bridgehead atoms. The van der Waals surface area contributed by atoms with Crippen molar-refractivity contribution >= 4 is 0 Å². The molecule has 0 heterocycles. The van der Waals surface area contributed by atoms with E-state index in [0.717, 1.165) is 12.8 Å². The predicted octanol–water partition coefficient (Wildman–Crippen LogP) is 3.77. The summed E-state index contributed by atoms with van der Waals surface area (Å²) in [5, 5.41) is 10.0. The molecule has 0 fully saturated rings. The number of unbranched alkanes of at least 4 members (excludes halogenated alkanes) is 1. The van der Waals surface area contributed by atoms with Gasteiger partial charge in [-0.2, -0.15) is 0 Å². The first-order valence-corrected chi connectivity index (χ1v) is 6.68. The van der Waals surface area contributed by atoms with Crippen LogP contribution >= 0.6 is 0 Å². The van der Waals surface area contributed by atoms with Crippen LogP contribution in [-0.2, 0) is 4.74 Å². The second-order valence-electron chi connectivity index (χ2n) is 5.47. The van der Waals surface area contributed by atoms with E-state index in [0.29, 0.717) is 5.92 Å². The monoisotopic (exact) mass is 230 g/mol. The summed E-state index contributed by atoms with van der Waals surface area (Å²) in [6.45, 7) is 8.50. The van der Waals surface area contributed by atoms with E-state index in [9.17, 15) is 5.11 Å². The Hall–Kier alpha value is -0.0800. The standard InChI is InChI=1S/C14H30O2/c1-6-8-9-12(7-2)10-13(15)11-14(3,4)16-5/h12-13,15H,6-11H2,1-5H3. The zero-order valence-electron chi connectivity index (χ0n) is 11.8. The number of ether oxygens (including phenoxy) is 1. The molecule has 1 N–H and O–H groups in total. The molecule has 0 aromatic heterocycles. The minimum absolute atomic E-state index is 0.206. The fourth-order valence-corrected chi connectivity index (χ4v) is 2.10. The number of methoxy groups -OCH3 is 1. The molecule has 0 aliphatic carbocycles. The molecule has 0 rings (SSSR count). The maximum absolute atomic E-state index is 10.0. The van der Waals surface area contributed by atoms with Gasteiger partial charge in [0, 0.05) is 13.5 Å². The maximum atomic E-state index is 10.0. The largest absolute Gasteiger partial charge is 0.393 e. The van der Waals surface area contributed by atoms with Crippen LogP contribution in [0.4, 0.5) is 0 Å². The van der Waals surface area contributed by atoms with E-state index in [2.05, 4.69) is 13.8 Å². The second kappa shape index (κ2) is 8.08. The number of hydrogen-bond donors (Lipinski definition) is 1. The molecule has 0 amide bonds. The summed E-state index contributed by atoms with van der Waals surface area (Å²) in [5.41, 5.74) is -0.206. The molecule has 0 spiro atoms. The topological polar surface area (TPSA) is 29.5 Å². The quantitative estimate of drug-likeness (QED) is 0.653. The first-order chi connectivity index (χ1) is 7.45. The number of hydrogen-bond acceptors (Lipinski definition) is 2. The molecular weight excluding hydrogens is 200 g/mol. The van der Waals surface area contributed by atoms with Crippen molar-refractivity contribution < 1.29 is 9.84 Å². The Kier molecular flexibility index (Phi) is 8.04. The van der Waals surface area contributed by atoms with Gasteiger partial charge in [-0.05, 0) is 26.2 Å². The molecule has 0 aliphatic rings. The molecule has 0 aliphatic heterocycles. The van der Waals surface area contributed by atoms with Crippen molar-refractivity contribution in [1.82, 2.24) is 0 Å². The van der Waals surface area contributed by atoms with E-state index in [4.69, 9.17) is 4.74 Å². The highest BCUT2D eigenvalue weighted by Crippen LogP contribution is 2.24. The van der Waals surface area contributed by atoms with Crippen LogP contribution in [0.2, 0.25) is 0 Å². The van der Waals surface area contributed by atoms with Gasteiger partial charge >= 0.3 is 0 Å². The molecule has 0 radical (unpaired) electrons. The zero-order chi connectivity index (χ0) is 12.6. The van der Waals surface area contributed by atoms with Crippen LogP contribution < -0.4 is 0 Å². The highest BCUT2D eigenvalue weighted by molar-refractivity contribution is 4.75. The minimum atomic E-state index is -0.225. The van der Waals surface area contributed by atoms with Crippen LogP contribution in [0.5, 0.6) is 0 Å². The summed E-state index contributed by atoms with van der Waals surface area (Å²) in [6, 6.07) is 0. The fourth-order valence-electron chi connectivity index (χ4n) is 2.10. The van der Waals surface area contributed by atoms with E-state index < -0.39 is 0 Å². The Morgan fingerprint density at radius 2 is 1.88 bits per heavy atom. The van der Waals surface area contributed by atoms with E-state index in [1.54, 1.807) is 7.11 Å². The molecular formula is C14H30O2. The van der Waals surface area contributed by atoms with Gasteiger partial charge in [-0.1, -0.05) is 39.5 Å². The Morgan fingerprint density at radius 1 is 1.25 bits per heavy atom. The van der Waals surface area contributed by atoms with Crippen LogP contribution in [0.3, 0.4) is 0 Å². The lowest BCUT2D eigenvalue weighted by Gasteiger charge is -2.27. The third-order valence-electron chi connectivity index (χ3n) is 3.43. The average molecular weight is 230 g/mol. The molecule has 2 atom stereocenters. The second-order valence-corrected chi connectivity index (χ2v) is 5.47. The van der Waals surface area contributed by atoms with Crippen molar-refractivity contribution in [1.29, 1.82) is 0 Å². The van der Waals surface area contributed by atoms with Crippen molar-refractivity contribution in [2.24, 2.45) is 5.92 Å². The number of aliphatic hydroxyl groups excluding tert-OH is 1. The molecule has 16 heavy (non-hydrogen) atoms. The summed E-state index contributed by atoms with van der Waals surface area (Å²) in [4.78, 5) is 0. The summed E-state index contributed by atoms with van der Waals surface area (Å²) >= 11 is 0. The highest BCUT2D eigenvalue weighted by atomic mass is 16.5. The van der Waals surface area contributed by atoms with E-state index in [1.807, 2.05) is 13.8 Å². The molecule has 2 nitrogen and oxygen atoms in total. The van der Waals surface area contributed by atoms with Crippen LogP contribution in [0.25, 0.3) is 0 Å². The van der Waals surface area contributed by atoms with Gasteiger partial charge in [-0.15, -0.1) is 0 Å². The Bertz CT molecular complexity index is 166. The first kappa shape index (κ1) is 15.9. The SMILES string of the molecule is CCCCC(CC)CC(O)CC(C)(C)OC. The van der Waals surface area contributed by atoms with Crippen LogP contribution in [0, 0.1) is 5.92 Å². The molecule has 0 saturated carbocycles. The van der Waals surface area contributed by atoms with Gasteiger partial charge in [0.15, 0.2) is 0 Å². The van der Waals surface area contributed by atoms with Gasteiger partial charge in [0.05, 0.1) is 11.7 Å². The van der Waals surface area contributed by atoms with Crippen molar-refractivity contribution in [3.8, 4) is 0 Å². The zero-order valence-corrected chi connectivity index (χ0v) is 11.8. The normalized spacial score (nSPS) is 16.1. The highest BCUT2D eigenvalue weighted by Gasteiger charge is 2.23. The van der Waals surface area contributed by atoms with E-state index in [1.165, 1.54) is 25.7 Å². The molecule has 0 aromatic rings. The minimum Gasteiger partial charge on any atom is -0.393 e. The van der Waals surface area contributed by atoms with Crippen molar-refractivity contribution in [3.05, 3.63) is 0 Å². The summed E-state index contributed by atoms with van der Waals surface area (Å²) in [7, 11) is 1.71. The molecule has 98 valence electrons. The summed E-state index contributed by atoms with van der Waals surface area (Å²) in [5.74, 6) is 0.669. The van der Waals surface area contributed by atoms with Gasteiger partial charge in [0.2, 0.25) is 0 Å². The van der Waals surface area contributed by atoms with Gasteiger partial charge < -0.3 is 9.84 Å². The Labute approximate surface area is 101 Å². The van der Waals surface area contributed by atoms with Crippen molar-refractivity contribution in [3.63, 3.8) is 0 Å². The van der Waals surface area contributed by atoms with Crippen LogP contribution in [0.15, 0.2) is 0 Å². The number of rotatable bonds is 9. The third-order valence-corrected chi connectivity index (χ3v) is 3.43. The maximum Gasteiger partial charge on any atom is 0.0647 e. The fraction of sp³-hybridized carbons (Fsp3) is 1.00. The van der Waals surface area contributed by atoms with E-state index in [-0.39, 0.29) is 11.7 Å². The third kappa shape index (κ3) is 7.24. The Morgan fingerprint density at radius 3 is 2.31 bits per heavy atom. The first-order valence-electron chi connectivity index (χ1n) is 6.68. The lowest BCUT2D eigenvalue weighted by molar-refractivity contribution is -0.0249. The smallest absolute Gasteiger partial charge is 0.0647 e. The molecule has 2 unspecified atom stereocenters. The lowest BCUT2D eigenvalue weighted by atomic mass is 9.89. The summed E-state index contributed by atoms with van der Waals surface area (Å²) in [6.07, 6.45) is 6.36. The lowest BCUT2D eigenvalue weighted by Crippen LogP contribution is -2.29. The predicted molar refractivity (Wildman–Crippen MR) is 69.6 cm³/mol. The molecule has 0 saturated heterocycles. The number of aliphatic hydroxyl groups is 1. The molecule has 2 heteroatoms. The molecule has 0 aromatic carbocycles. The Balaban J connectivity index is 3.95. The van der Waals surface area contributed by atoms with Crippen LogP contribution in [0.1, 0.15) is 66.2 Å². The average Bonchev–Trinajstić information content (AvgIpc) is 2.23. The van der Waals surface area contributed by atoms with Crippen LogP contribution in [-0.4, -0.2) is 23.9 Å². The van der Waals surface area contributed by atoms with Gasteiger partial charge in [-0.25, -0.2) is 0 Å². The van der Waals surface area contributed by atoms with Gasteiger partial charge in [-0.3, -0.25) is 0 Å². The van der Waals surface area contributed by atoms with Crippen molar-refractivity contribution in [2.45, 2.75) is 77.9 Å².